The summed E-state index contributed by atoms with van der Waals surface area (Å²) in [5.74, 6) is 1.33. The second kappa shape index (κ2) is 7.42. The predicted molar refractivity (Wildman–Crippen MR) is 96.1 cm³/mol. The van der Waals surface area contributed by atoms with E-state index in [0.29, 0.717) is 11.8 Å². The van der Waals surface area contributed by atoms with Crippen molar-refractivity contribution in [3.63, 3.8) is 0 Å². The molecule has 1 aliphatic heterocycles. The minimum atomic E-state index is 0.0344. The van der Waals surface area contributed by atoms with Gasteiger partial charge in [0.05, 0.1) is 12.1 Å². The first kappa shape index (κ1) is 17.7. The maximum Gasteiger partial charge on any atom is 0.217 e. The second-order valence-electron chi connectivity index (χ2n) is 7.34. The lowest BCUT2D eigenvalue weighted by Crippen LogP contribution is -2.49. The summed E-state index contributed by atoms with van der Waals surface area (Å²) < 4.78 is 5.65. The number of likely N-dealkylation sites (tertiary alicyclic amines) is 1. The molecule has 1 amide bonds. The van der Waals surface area contributed by atoms with Crippen LogP contribution in [0.2, 0.25) is 5.02 Å². The molecule has 1 aromatic rings. The zero-order valence-corrected chi connectivity index (χ0v) is 15.5. The van der Waals surface area contributed by atoms with E-state index in [1.165, 1.54) is 11.1 Å². The molecule has 1 aromatic carbocycles. The van der Waals surface area contributed by atoms with Crippen molar-refractivity contribution in [2.75, 3.05) is 20.2 Å². The normalized spacial score (nSPS) is 30.2. The van der Waals surface area contributed by atoms with Gasteiger partial charge in [0.1, 0.15) is 0 Å². The number of ether oxygens (including phenoxy) is 1. The van der Waals surface area contributed by atoms with Crippen molar-refractivity contribution in [1.82, 2.24) is 10.2 Å². The van der Waals surface area contributed by atoms with Crippen molar-refractivity contribution < 1.29 is 9.53 Å². The quantitative estimate of drug-likeness (QED) is 0.907. The Balaban J connectivity index is 1.64. The summed E-state index contributed by atoms with van der Waals surface area (Å²) in [7, 11) is 1.75. The lowest BCUT2D eigenvalue weighted by Gasteiger charge is -2.37. The maximum atomic E-state index is 11.4. The first-order valence-corrected chi connectivity index (χ1v) is 9.11. The van der Waals surface area contributed by atoms with Gasteiger partial charge in [-0.15, -0.1) is 0 Å². The Bertz CT molecular complexity index is 607. The molecule has 5 heteroatoms. The number of nitrogens with zero attached hydrogens (tertiary/aromatic N) is 1. The van der Waals surface area contributed by atoms with Gasteiger partial charge in [0.15, 0.2) is 0 Å². The van der Waals surface area contributed by atoms with Crippen molar-refractivity contribution in [3.05, 3.63) is 34.3 Å². The summed E-state index contributed by atoms with van der Waals surface area (Å²) >= 11 is 6.06. The first-order chi connectivity index (χ1) is 11.5. The molecular weight excluding hydrogens is 324 g/mol. The minimum Gasteiger partial charge on any atom is -0.379 e. The Labute approximate surface area is 149 Å². The number of benzene rings is 1. The SMILES string of the molecule is CO[C@@H]1C[C@H]2CN(Cc3ccc(Cl)cc3C)C[C@H]2C[C@H]1NC(C)=O. The van der Waals surface area contributed by atoms with Crippen molar-refractivity contribution in [1.29, 1.82) is 0 Å². The molecule has 0 spiro atoms. The number of halogens is 1. The number of fused-ring (bicyclic) bond motifs is 1. The average molecular weight is 351 g/mol. The number of methoxy groups -OCH3 is 1. The standard InChI is InChI=1S/C19H27ClN2O2/c1-12-6-17(20)5-4-14(12)9-22-10-15-7-18(21-13(2)23)19(24-3)8-16(15)11-22/h4-6,15-16,18-19H,7-11H2,1-3H3,(H,21,23)/t15-,16+,18-,19-/m1/s1. The van der Waals surface area contributed by atoms with Crippen LogP contribution in [0.5, 0.6) is 0 Å². The van der Waals surface area contributed by atoms with E-state index in [1.54, 1.807) is 14.0 Å². The molecule has 24 heavy (non-hydrogen) atoms. The van der Waals surface area contributed by atoms with Crippen LogP contribution in [0.4, 0.5) is 0 Å². The molecular formula is C19H27ClN2O2. The fourth-order valence-corrected chi connectivity index (χ4v) is 4.62. The Morgan fingerprint density at radius 2 is 2.04 bits per heavy atom. The van der Waals surface area contributed by atoms with Crippen LogP contribution in [0.1, 0.15) is 30.9 Å². The van der Waals surface area contributed by atoms with Gasteiger partial charge >= 0.3 is 0 Å². The highest BCUT2D eigenvalue weighted by Gasteiger charge is 2.42. The first-order valence-electron chi connectivity index (χ1n) is 8.73. The topological polar surface area (TPSA) is 41.6 Å². The van der Waals surface area contributed by atoms with Gasteiger partial charge in [-0.25, -0.2) is 0 Å². The molecule has 4 atom stereocenters. The van der Waals surface area contributed by atoms with Crippen LogP contribution in [-0.4, -0.2) is 43.2 Å². The zero-order chi connectivity index (χ0) is 17.3. The number of nitrogens with one attached hydrogen (secondary N) is 1. The van der Waals surface area contributed by atoms with Crippen LogP contribution in [0.15, 0.2) is 18.2 Å². The largest absolute Gasteiger partial charge is 0.379 e. The van der Waals surface area contributed by atoms with Crippen LogP contribution < -0.4 is 5.32 Å². The van der Waals surface area contributed by atoms with E-state index in [-0.39, 0.29) is 18.1 Å². The summed E-state index contributed by atoms with van der Waals surface area (Å²) in [5, 5.41) is 3.88. The minimum absolute atomic E-state index is 0.0344. The molecule has 2 fully saturated rings. The van der Waals surface area contributed by atoms with Gasteiger partial charge in [0, 0.05) is 38.7 Å². The molecule has 1 saturated heterocycles. The van der Waals surface area contributed by atoms with E-state index >= 15 is 0 Å². The van der Waals surface area contributed by atoms with Gasteiger partial charge in [-0.05, 0) is 54.9 Å². The van der Waals surface area contributed by atoms with Gasteiger partial charge in [-0.2, -0.15) is 0 Å². The van der Waals surface area contributed by atoms with Gasteiger partial charge < -0.3 is 10.1 Å². The number of rotatable bonds is 4. The van der Waals surface area contributed by atoms with E-state index in [1.807, 2.05) is 12.1 Å². The molecule has 0 aromatic heterocycles. The molecule has 0 bridgehead atoms. The third kappa shape index (κ3) is 3.93. The molecule has 2 aliphatic rings. The van der Waals surface area contributed by atoms with E-state index < -0.39 is 0 Å². The lowest BCUT2D eigenvalue weighted by atomic mass is 9.77. The Morgan fingerprint density at radius 1 is 1.33 bits per heavy atom. The molecule has 1 saturated carbocycles. The summed E-state index contributed by atoms with van der Waals surface area (Å²) in [4.78, 5) is 14.0. The number of carbonyl (C=O) groups excluding carboxylic acids is 1. The highest BCUT2D eigenvalue weighted by atomic mass is 35.5. The predicted octanol–water partition coefficient (Wildman–Crippen LogP) is 3.01. The van der Waals surface area contributed by atoms with Crippen molar-refractivity contribution in [2.45, 2.75) is 45.4 Å². The molecule has 1 N–H and O–H groups in total. The number of amides is 1. The van der Waals surface area contributed by atoms with E-state index in [4.69, 9.17) is 16.3 Å². The molecule has 0 radical (unpaired) electrons. The van der Waals surface area contributed by atoms with Gasteiger partial charge in [0.2, 0.25) is 5.91 Å². The summed E-state index contributed by atoms with van der Waals surface area (Å²) in [6.45, 7) is 6.89. The molecule has 4 nitrogen and oxygen atoms in total. The Kier molecular flexibility index (Phi) is 5.48. The van der Waals surface area contributed by atoms with Crippen molar-refractivity contribution >= 4 is 17.5 Å². The number of hydrogen-bond acceptors (Lipinski definition) is 3. The molecule has 1 heterocycles. The van der Waals surface area contributed by atoms with Crippen LogP contribution >= 0.6 is 11.6 Å². The Hall–Kier alpha value is -1.10. The summed E-state index contributed by atoms with van der Waals surface area (Å²) in [5.41, 5.74) is 2.60. The summed E-state index contributed by atoms with van der Waals surface area (Å²) in [6.07, 6.45) is 2.17. The fraction of sp³-hybridized carbons (Fsp3) is 0.632. The Morgan fingerprint density at radius 3 is 2.67 bits per heavy atom. The van der Waals surface area contributed by atoms with Gasteiger partial charge in [-0.1, -0.05) is 17.7 Å². The van der Waals surface area contributed by atoms with Crippen LogP contribution in [0.25, 0.3) is 0 Å². The molecule has 3 rings (SSSR count). The fourth-order valence-electron chi connectivity index (χ4n) is 4.39. The highest BCUT2D eigenvalue weighted by Crippen LogP contribution is 2.38. The monoisotopic (exact) mass is 350 g/mol. The van der Waals surface area contributed by atoms with Gasteiger partial charge in [0.25, 0.3) is 0 Å². The van der Waals surface area contributed by atoms with E-state index in [9.17, 15) is 4.79 Å². The third-order valence-corrected chi connectivity index (χ3v) is 5.82. The van der Waals surface area contributed by atoms with Crippen molar-refractivity contribution in [2.24, 2.45) is 11.8 Å². The van der Waals surface area contributed by atoms with Crippen LogP contribution in [0.3, 0.4) is 0 Å². The van der Waals surface area contributed by atoms with E-state index in [2.05, 4.69) is 23.2 Å². The molecule has 0 unspecified atom stereocenters. The van der Waals surface area contributed by atoms with Crippen LogP contribution in [0, 0.1) is 18.8 Å². The summed E-state index contributed by atoms with van der Waals surface area (Å²) in [6, 6.07) is 6.29. The van der Waals surface area contributed by atoms with E-state index in [0.717, 1.165) is 37.5 Å². The third-order valence-electron chi connectivity index (χ3n) is 5.58. The maximum absolute atomic E-state index is 11.4. The van der Waals surface area contributed by atoms with Crippen LogP contribution in [-0.2, 0) is 16.1 Å². The number of hydrogen-bond donors (Lipinski definition) is 1. The highest BCUT2D eigenvalue weighted by molar-refractivity contribution is 6.30. The smallest absolute Gasteiger partial charge is 0.217 e. The zero-order valence-electron chi connectivity index (χ0n) is 14.7. The second-order valence-corrected chi connectivity index (χ2v) is 7.77. The lowest BCUT2D eigenvalue weighted by molar-refractivity contribution is -0.121. The van der Waals surface area contributed by atoms with Crippen molar-refractivity contribution in [3.8, 4) is 0 Å². The van der Waals surface area contributed by atoms with Gasteiger partial charge in [-0.3, -0.25) is 9.69 Å². The average Bonchev–Trinajstić information content (AvgIpc) is 2.90. The molecule has 1 aliphatic carbocycles. The number of aryl methyl sites for hydroxylation is 1. The number of carbonyl (C=O) groups is 1. The molecule has 132 valence electrons.